The molecule has 0 aliphatic heterocycles. The number of benzene rings is 1. The lowest BCUT2D eigenvalue weighted by atomic mass is 10.1. The van der Waals surface area contributed by atoms with Gasteiger partial charge in [-0.3, -0.25) is 14.6 Å². The minimum Gasteiger partial charge on any atom is -0.357 e. The Kier molecular flexibility index (Phi) is 14.1. The summed E-state index contributed by atoms with van der Waals surface area (Å²) in [5.74, 6) is 0.746. The van der Waals surface area contributed by atoms with Crippen LogP contribution in [0.3, 0.4) is 0 Å². The van der Waals surface area contributed by atoms with E-state index in [2.05, 4.69) is 20.9 Å². The van der Waals surface area contributed by atoms with Crippen molar-refractivity contribution in [3.8, 4) is 0 Å². The molecule has 0 fully saturated rings. The third-order valence-electron chi connectivity index (χ3n) is 4.18. The molecular weight excluding hydrogens is 469 g/mol. The number of rotatable bonds is 10. The lowest BCUT2D eigenvalue weighted by Crippen LogP contribution is -2.38. The Bertz CT molecular complexity index is 633. The maximum absolute atomic E-state index is 12.0. The molecule has 0 radical (unpaired) electrons. The predicted molar refractivity (Wildman–Crippen MR) is 125 cm³/mol. The van der Waals surface area contributed by atoms with Gasteiger partial charge in [-0.15, -0.1) is 24.0 Å². The predicted octanol–water partition coefficient (Wildman–Crippen LogP) is 2.02. The number of carbonyl (C=O) groups is 2. The smallest absolute Gasteiger partial charge is 0.251 e. The maximum Gasteiger partial charge on any atom is 0.251 e. The number of hydrogen-bond acceptors (Lipinski definition) is 3. The van der Waals surface area contributed by atoms with Gasteiger partial charge in [0.2, 0.25) is 5.91 Å². The second-order valence-electron chi connectivity index (χ2n) is 6.03. The molecule has 0 saturated heterocycles. The second kappa shape index (κ2) is 15.1. The first-order chi connectivity index (χ1) is 13.0. The van der Waals surface area contributed by atoms with Gasteiger partial charge in [0, 0.05) is 45.2 Å². The first-order valence-electron chi connectivity index (χ1n) is 9.66. The highest BCUT2D eigenvalue weighted by atomic mass is 127. The summed E-state index contributed by atoms with van der Waals surface area (Å²) in [5.41, 5.74) is 1.74. The average molecular weight is 503 g/mol. The molecule has 0 spiro atoms. The summed E-state index contributed by atoms with van der Waals surface area (Å²) in [6.07, 6.45) is 1.18. The van der Waals surface area contributed by atoms with Crippen LogP contribution in [0.1, 0.15) is 43.1 Å². The fourth-order valence-corrected chi connectivity index (χ4v) is 2.68. The first kappa shape index (κ1) is 26.2. The zero-order valence-electron chi connectivity index (χ0n) is 17.4. The number of carbonyl (C=O) groups excluding carboxylic acids is 2. The third kappa shape index (κ3) is 9.38. The molecule has 0 heterocycles. The van der Waals surface area contributed by atoms with Crippen LogP contribution in [-0.2, 0) is 11.2 Å². The van der Waals surface area contributed by atoms with Crippen molar-refractivity contribution in [2.45, 2.75) is 33.6 Å². The van der Waals surface area contributed by atoms with Crippen LogP contribution in [0.5, 0.6) is 0 Å². The number of aliphatic imine (C=N–C) groups is 1. The van der Waals surface area contributed by atoms with Gasteiger partial charge in [0.15, 0.2) is 5.96 Å². The molecular formula is C20H34IN5O2. The SMILES string of the molecule is CCNC(=NCCC(=O)N(CC)CC)NCCc1cccc(C(=O)NC)c1.I. The van der Waals surface area contributed by atoms with Gasteiger partial charge >= 0.3 is 0 Å². The van der Waals surface area contributed by atoms with E-state index in [1.807, 2.05) is 43.9 Å². The average Bonchev–Trinajstić information content (AvgIpc) is 2.68. The summed E-state index contributed by atoms with van der Waals surface area (Å²) < 4.78 is 0. The number of hydrogen-bond donors (Lipinski definition) is 3. The summed E-state index contributed by atoms with van der Waals surface area (Å²) >= 11 is 0. The van der Waals surface area contributed by atoms with Crippen LogP contribution in [0.4, 0.5) is 0 Å². The molecule has 1 rings (SSSR count). The second-order valence-corrected chi connectivity index (χ2v) is 6.03. The Labute approximate surface area is 185 Å². The normalized spacial score (nSPS) is 10.6. The van der Waals surface area contributed by atoms with E-state index in [9.17, 15) is 9.59 Å². The quantitative estimate of drug-likeness (QED) is 0.259. The van der Waals surface area contributed by atoms with Crippen LogP contribution >= 0.6 is 24.0 Å². The topological polar surface area (TPSA) is 85.8 Å². The Morgan fingerprint density at radius 2 is 1.82 bits per heavy atom. The van der Waals surface area contributed by atoms with Crippen molar-refractivity contribution in [2.24, 2.45) is 4.99 Å². The minimum atomic E-state index is -0.0856. The van der Waals surface area contributed by atoms with Crippen molar-refractivity contribution in [3.05, 3.63) is 35.4 Å². The molecule has 1 aromatic rings. The number of amides is 2. The van der Waals surface area contributed by atoms with Gasteiger partial charge in [-0.1, -0.05) is 12.1 Å². The molecule has 7 nitrogen and oxygen atoms in total. The van der Waals surface area contributed by atoms with Crippen LogP contribution in [0.15, 0.2) is 29.3 Å². The molecule has 0 aliphatic carbocycles. The van der Waals surface area contributed by atoms with E-state index < -0.39 is 0 Å². The van der Waals surface area contributed by atoms with Crippen molar-refractivity contribution in [1.82, 2.24) is 20.9 Å². The fraction of sp³-hybridized carbons (Fsp3) is 0.550. The van der Waals surface area contributed by atoms with Gasteiger partial charge in [-0.25, -0.2) is 0 Å². The summed E-state index contributed by atoms with van der Waals surface area (Å²) in [6.45, 7) is 9.32. The molecule has 158 valence electrons. The van der Waals surface area contributed by atoms with Crippen LogP contribution in [0.25, 0.3) is 0 Å². The molecule has 0 aromatic heterocycles. The first-order valence-corrected chi connectivity index (χ1v) is 9.66. The highest BCUT2D eigenvalue weighted by molar-refractivity contribution is 14.0. The minimum absolute atomic E-state index is 0. The molecule has 3 N–H and O–H groups in total. The summed E-state index contributed by atoms with van der Waals surface area (Å²) in [4.78, 5) is 30.0. The van der Waals surface area contributed by atoms with Crippen molar-refractivity contribution in [3.63, 3.8) is 0 Å². The lowest BCUT2D eigenvalue weighted by molar-refractivity contribution is -0.130. The largest absolute Gasteiger partial charge is 0.357 e. The molecule has 8 heteroatoms. The fourth-order valence-electron chi connectivity index (χ4n) is 2.68. The molecule has 0 saturated carbocycles. The summed E-state index contributed by atoms with van der Waals surface area (Å²) in [5, 5.41) is 9.10. The van der Waals surface area contributed by atoms with Gasteiger partial charge in [-0.2, -0.15) is 0 Å². The van der Waals surface area contributed by atoms with E-state index in [1.54, 1.807) is 13.1 Å². The molecule has 0 unspecified atom stereocenters. The molecule has 0 bridgehead atoms. The zero-order chi connectivity index (χ0) is 20.1. The van der Waals surface area contributed by atoms with E-state index in [1.165, 1.54) is 0 Å². The van der Waals surface area contributed by atoms with Crippen LogP contribution < -0.4 is 16.0 Å². The third-order valence-corrected chi connectivity index (χ3v) is 4.18. The maximum atomic E-state index is 12.0. The Balaban J connectivity index is 0.00000729. The van der Waals surface area contributed by atoms with Gasteiger partial charge in [0.1, 0.15) is 0 Å². The van der Waals surface area contributed by atoms with Crippen molar-refractivity contribution in [2.75, 3.05) is 39.8 Å². The van der Waals surface area contributed by atoms with Crippen molar-refractivity contribution in [1.29, 1.82) is 0 Å². The standard InChI is InChI=1S/C20H33N5O2.HI/c1-5-22-20(24-14-12-18(26)25(6-2)7-3)23-13-11-16-9-8-10-17(15-16)19(27)21-4;/h8-10,15H,5-7,11-14H2,1-4H3,(H,21,27)(H2,22,23,24);1H. The van der Waals surface area contributed by atoms with E-state index >= 15 is 0 Å². The molecule has 2 amide bonds. The van der Waals surface area contributed by atoms with Crippen LogP contribution in [0.2, 0.25) is 0 Å². The molecule has 0 aliphatic rings. The van der Waals surface area contributed by atoms with Crippen molar-refractivity contribution >= 4 is 41.8 Å². The Morgan fingerprint density at radius 1 is 1.11 bits per heavy atom. The van der Waals surface area contributed by atoms with Crippen LogP contribution in [-0.4, -0.2) is 62.4 Å². The number of nitrogens with zero attached hydrogens (tertiary/aromatic N) is 2. The van der Waals surface area contributed by atoms with E-state index in [0.29, 0.717) is 31.0 Å². The number of halogens is 1. The molecule has 28 heavy (non-hydrogen) atoms. The van der Waals surface area contributed by atoms with Gasteiger partial charge in [-0.05, 0) is 44.9 Å². The summed E-state index contributed by atoms with van der Waals surface area (Å²) in [6, 6.07) is 7.58. The van der Waals surface area contributed by atoms with Gasteiger partial charge in [0.25, 0.3) is 5.91 Å². The molecule has 0 atom stereocenters. The van der Waals surface area contributed by atoms with Gasteiger partial charge in [0.05, 0.1) is 6.54 Å². The summed E-state index contributed by atoms with van der Waals surface area (Å²) in [7, 11) is 1.63. The highest BCUT2D eigenvalue weighted by Gasteiger charge is 2.08. The lowest BCUT2D eigenvalue weighted by Gasteiger charge is -2.18. The monoisotopic (exact) mass is 503 g/mol. The van der Waals surface area contributed by atoms with Gasteiger partial charge < -0.3 is 20.9 Å². The Morgan fingerprint density at radius 3 is 2.43 bits per heavy atom. The zero-order valence-corrected chi connectivity index (χ0v) is 19.7. The number of guanidine groups is 1. The van der Waals surface area contributed by atoms with E-state index in [-0.39, 0.29) is 35.8 Å². The van der Waals surface area contributed by atoms with Crippen LogP contribution in [0, 0.1) is 0 Å². The van der Waals surface area contributed by atoms with Crippen molar-refractivity contribution < 1.29 is 9.59 Å². The molecule has 1 aromatic carbocycles. The number of nitrogens with one attached hydrogen (secondary N) is 3. The van der Waals surface area contributed by atoms with E-state index in [0.717, 1.165) is 31.6 Å². The highest BCUT2D eigenvalue weighted by Crippen LogP contribution is 2.05. The Hall–Kier alpha value is -1.84. The van der Waals surface area contributed by atoms with E-state index in [4.69, 9.17) is 0 Å².